The summed E-state index contributed by atoms with van der Waals surface area (Å²) >= 11 is 0. The standard InChI is InChI=1S/C13H20O5/c1-6-17-12(15)9(4)8(3)11(10(5)14)13(16)18-7-2/h8,11H,4,6-7H2,1-3,5H3. The Hall–Kier alpha value is -1.65. The maximum absolute atomic E-state index is 11.7. The first-order valence-electron chi connectivity index (χ1n) is 5.89. The number of esters is 2. The van der Waals surface area contributed by atoms with Crippen LogP contribution in [-0.4, -0.2) is 30.9 Å². The van der Waals surface area contributed by atoms with Crippen molar-refractivity contribution >= 4 is 17.7 Å². The van der Waals surface area contributed by atoms with E-state index >= 15 is 0 Å². The quantitative estimate of drug-likeness (QED) is 0.392. The number of rotatable bonds is 7. The van der Waals surface area contributed by atoms with Crippen LogP contribution < -0.4 is 0 Å². The molecule has 5 heteroatoms. The molecule has 0 amide bonds. The van der Waals surface area contributed by atoms with Crippen molar-refractivity contribution in [3.8, 4) is 0 Å². The highest BCUT2D eigenvalue weighted by molar-refractivity contribution is 6.00. The largest absolute Gasteiger partial charge is 0.465 e. The van der Waals surface area contributed by atoms with E-state index in [2.05, 4.69) is 6.58 Å². The maximum Gasteiger partial charge on any atom is 0.333 e. The molecule has 18 heavy (non-hydrogen) atoms. The molecule has 0 rings (SSSR count). The lowest BCUT2D eigenvalue weighted by molar-refractivity contribution is -0.152. The highest BCUT2D eigenvalue weighted by atomic mass is 16.5. The van der Waals surface area contributed by atoms with Crippen LogP contribution in [0.15, 0.2) is 12.2 Å². The Labute approximate surface area is 107 Å². The Morgan fingerprint density at radius 2 is 1.61 bits per heavy atom. The zero-order valence-electron chi connectivity index (χ0n) is 11.3. The van der Waals surface area contributed by atoms with E-state index < -0.39 is 23.8 Å². The van der Waals surface area contributed by atoms with Crippen LogP contribution in [0, 0.1) is 11.8 Å². The third kappa shape index (κ3) is 4.31. The maximum atomic E-state index is 11.7. The Morgan fingerprint density at radius 1 is 1.11 bits per heavy atom. The van der Waals surface area contributed by atoms with Gasteiger partial charge in [0, 0.05) is 11.5 Å². The van der Waals surface area contributed by atoms with Crippen LogP contribution >= 0.6 is 0 Å². The molecule has 2 atom stereocenters. The number of carbonyl (C=O) groups is 3. The highest BCUT2D eigenvalue weighted by Crippen LogP contribution is 2.22. The first-order valence-corrected chi connectivity index (χ1v) is 5.89. The second-order valence-corrected chi connectivity index (χ2v) is 3.87. The van der Waals surface area contributed by atoms with Crippen LogP contribution in [-0.2, 0) is 23.9 Å². The lowest BCUT2D eigenvalue weighted by atomic mass is 9.85. The smallest absolute Gasteiger partial charge is 0.333 e. The third-order valence-corrected chi connectivity index (χ3v) is 2.57. The second kappa shape index (κ2) is 7.63. The van der Waals surface area contributed by atoms with Crippen molar-refractivity contribution in [2.75, 3.05) is 13.2 Å². The van der Waals surface area contributed by atoms with E-state index in [-0.39, 0.29) is 24.6 Å². The van der Waals surface area contributed by atoms with Gasteiger partial charge in [0.2, 0.25) is 0 Å². The van der Waals surface area contributed by atoms with Crippen molar-refractivity contribution in [3.05, 3.63) is 12.2 Å². The molecule has 0 aromatic carbocycles. The number of hydrogen-bond acceptors (Lipinski definition) is 5. The number of hydrogen-bond donors (Lipinski definition) is 0. The van der Waals surface area contributed by atoms with E-state index in [1.165, 1.54) is 6.92 Å². The summed E-state index contributed by atoms with van der Waals surface area (Å²) in [6, 6.07) is 0. The van der Waals surface area contributed by atoms with E-state index in [9.17, 15) is 14.4 Å². The average Bonchev–Trinajstić information content (AvgIpc) is 2.28. The van der Waals surface area contributed by atoms with Crippen LogP contribution in [0.4, 0.5) is 0 Å². The van der Waals surface area contributed by atoms with Crippen LogP contribution in [0.25, 0.3) is 0 Å². The molecular formula is C13H20O5. The topological polar surface area (TPSA) is 69.7 Å². The van der Waals surface area contributed by atoms with Crippen molar-refractivity contribution in [1.82, 2.24) is 0 Å². The first kappa shape index (κ1) is 16.4. The second-order valence-electron chi connectivity index (χ2n) is 3.87. The van der Waals surface area contributed by atoms with Gasteiger partial charge in [-0.25, -0.2) is 4.79 Å². The lowest BCUT2D eigenvalue weighted by Gasteiger charge is -2.20. The molecule has 0 aliphatic carbocycles. The zero-order valence-corrected chi connectivity index (χ0v) is 11.3. The van der Waals surface area contributed by atoms with Crippen molar-refractivity contribution in [3.63, 3.8) is 0 Å². The van der Waals surface area contributed by atoms with Crippen molar-refractivity contribution in [2.24, 2.45) is 11.8 Å². The van der Waals surface area contributed by atoms with Crippen LogP contribution in [0.3, 0.4) is 0 Å². The Morgan fingerprint density at radius 3 is 2.00 bits per heavy atom. The molecule has 2 unspecified atom stereocenters. The highest BCUT2D eigenvalue weighted by Gasteiger charge is 2.34. The Bertz CT molecular complexity index is 345. The van der Waals surface area contributed by atoms with Gasteiger partial charge in [-0.2, -0.15) is 0 Å². The average molecular weight is 256 g/mol. The molecule has 102 valence electrons. The molecule has 5 nitrogen and oxygen atoms in total. The van der Waals surface area contributed by atoms with Gasteiger partial charge in [-0.1, -0.05) is 13.5 Å². The monoisotopic (exact) mass is 256 g/mol. The van der Waals surface area contributed by atoms with Gasteiger partial charge in [-0.05, 0) is 20.8 Å². The van der Waals surface area contributed by atoms with Crippen molar-refractivity contribution < 1.29 is 23.9 Å². The molecule has 0 bridgehead atoms. The van der Waals surface area contributed by atoms with E-state index in [1.54, 1.807) is 20.8 Å². The van der Waals surface area contributed by atoms with Gasteiger partial charge in [0.15, 0.2) is 0 Å². The molecule has 0 N–H and O–H groups in total. The van der Waals surface area contributed by atoms with E-state index in [0.29, 0.717) is 0 Å². The van der Waals surface area contributed by atoms with Gasteiger partial charge in [0.05, 0.1) is 13.2 Å². The summed E-state index contributed by atoms with van der Waals surface area (Å²) in [6.07, 6.45) is 0. The fourth-order valence-electron chi connectivity index (χ4n) is 1.57. The fourth-order valence-corrected chi connectivity index (χ4v) is 1.57. The molecule has 0 aliphatic heterocycles. The van der Waals surface area contributed by atoms with Gasteiger partial charge in [-0.3, -0.25) is 9.59 Å². The van der Waals surface area contributed by atoms with Crippen LogP contribution in [0.1, 0.15) is 27.7 Å². The fraction of sp³-hybridized carbons (Fsp3) is 0.615. The molecule has 0 saturated heterocycles. The third-order valence-electron chi connectivity index (χ3n) is 2.57. The summed E-state index contributed by atoms with van der Waals surface area (Å²) in [7, 11) is 0. The minimum atomic E-state index is -1.01. The summed E-state index contributed by atoms with van der Waals surface area (Å²) in [4.78, 5) is 34.7. The van der Waals surface area contributed by atoms with E-state index in [4.69, 9.17) is 9.47 Å². The molecule has 0 aromatic heterocycles. The summed E-state index contributed by atoms with van der Waals surface area (Å²) < 4.78 is 9.62. The van der Waals surface area contributed by atoms with Gasteiger partial charge in [-0.15, -0.1) is 0 Å². The van der Waals surface area contributed by atoms with Crippen molar-refractivity contribution in [2.45, 2.75) is 27.7 Å². The molecular weight excluding hydrogens is 236 g/mol. The van der Waals surface area contributed by atoms with Gasteiger partial charge in [0.25, 0.3) is 0 Å². The predicted molar refractivity (Wildman–Crippen MR) is 65.7 cm³/mol. The predicted octanol–water partition coefficient (Wildman–Crippen LogP) is 1.51. The van der Waals surface area contributed by atoms with Gasteiger partial charge in [0.1, 0.15) is 11.7 Å². The molecule has 0 radical (unpaired) electrons. The number of Topliss-reactive ketones (excluding diaryl/α,β-unsaturated/α-hetero) is 1. The minimum Gasteiger partial charge on any atom is -0.465 e. The molecule has 0 saturated carbocycles. The molecule has 0 fully saturated rings. The molecule has 0 heterocycles. The SMILES string of the molecule is C=C(C(=O)OCC)C(C)C(C(C)=O)C(=O)OCC. The summed E-state index contributed by atoms with van der Waals surface area (Å²) in [5.74, 6) is -3.24. The summed E-state index contributed by atoms with van der Waals surface area (Å²) in [6.45, 7) is 10.2. The molecule has 0 aliphatic rings. The number of ether oxygens (including phenoxy) is 2. The van der Waals surface area contributed by atoms with Crippen molar-refractivity contribution in [1.29, 1.82) is 0 Å². The zero-order chi connectivity index (χ0) is 14.3. The van der Waals surface area contributed by atoms with Gasteiger partial charge >= 0.3 is 11.9 Å². The van der Waals surface area contributed by atoms with E-state index in [1.807, 2.05) is 0 Å². The number of carbonyl (C=O) groups excluding carboxylic acids is 3. The summed E-state index contributed by atoms with van der Waals surface area (Å²) in [5.41, 5.74) is 0.102. The molecule has 0 aromatic rings. The lowest BCUT2D eigenvalue weighted by Crippen LogP contribution is -2.33. The first-order chi connectivity index (χ1) is 8.36. The van der Waals surface area contributed by atoms with E-state index in [0.717, 1.165) is 0 Å². The Balaban J connectivity index is 4.92. The van der Waals surface area contributed by atoms with Gasteiger partial charge < -0.3 is 9.47 Å². The Kier molecular flexibility index (Phi) is 6.93. The van der Waals surface area contributed by atoms with Crippen LogP contribution in [0.5, 0.6) is 0 Å². The minimum absolute atomic E-state index is 0.102. The normalized spacial score (nSPS) is 13.3. The molecule has 0 spiro atoms. The van der Waals surface area contributed by atoms with Crippen LogP contribution in [0.2, 0.25) is 0 Å². The number of ketones is 1. The summed E-state index contributed by atoms with van der Waals surface area (Å²) in [5, 5.41) is 0.